The number of alkyl halides is 1. The number of ether oxygens (including phenoxy) is 1. The van der Waals surface area contributed by atoms with Gasteiger partial charge in [0.1, 0.15) is 12.5 Å². The van der Waals surface area contributed by atoms with E-state index in [9.17, 15) is 4.39 Å². The summed E-state index contributed by atoms with van der Waals surface area (Å²) in [4.78, 5) is 8.13. The largest absolute Gasteiger partial charge is 0.381 e. The summed E-state index contributed by atoms with van der Waals surface area (Å²) < 4.78 is 18.7. The Morgan fingerprint density at radius 3 is 2.85 bits per heavy atom. The summed E-state index contributed by atoms with van der Waals surface area (Å²) >= 11 is 0. The molecule has 1 N–H and O–H groups in total. The van der Waals surface area contributed by atoms with Crippen molar-refractivity contribution < 1.29 is 9.13 Å². The number of hydrogen-bond donors (Lipinski definition) is 1. The molecule has 3 nitrogen and oxygen atoms in total. The van der Waals surface area contributed by atoms with Crippen molar-refractivity contribution in [1.82, 2.24) is 9.97 Å². The first-order chi connectivity index (χ1) is 12.7. The monoisotopic (exact) mass is 350 g/mol. The summed E-state index contributed by atoms with van der Waals surface area (Å²) in [6.45, 7) is 3.27. The zero-order chi connectivity index (χ0) is 17.9. The highest BCUT2D eigenvalue weighted by molar-refractivity contribution is 5.86. The highest BCUT2D eigenvalue weighted by Crippen LogP contribution is 2.29. The molecule has 2 aromatic carbocycles. The molecule has 4 rings (SSSR count). The number of halogens is 1. The summed E-state index contributed by atoms with van der Waals surface area (Å²) in [5.41, 5.74) is 5.72. The Kier molecular flexibility index (Phi) is 4.85. The van der Waals surface area contributed by atoms with Crippen LogP contribution in [-0.2, 0) is 11.4 Å². The van der Waals surface area contributed by atoms with Crippen LogP contribution in [-0.4, -0.2) is 23.2 Å². The summed E-state index contributed by atoms with van der Waals surface area (Å²) in [6.07, 6.45) is 6.44. The summed E-state index contributed by atoms with van der Waals surface area (Å²) in [6, 6.07) is 11.8. The predicted molar refractivity (Wildman–Crippen MR) is 104 cm³/mol. The molecule has 1 aliphatic heterocycles. The van der Waals surface area contributed by atoms with Crippen LogP contribution in [0.25, 0.3) is 28.2 Å². The van der Waals surface area contributed by atoms with Crippen molar-refractivity contribution in [1.29, 1.82) is 0 Å². The van der Waals surface area contributed by atoms with E-state index in [1.54, 1.807) is 0 Å². The molecule has 0 saturated carbocycles. The molecule has 3 aromatic rings. The Bertz CT molecular complexity index is 938. The van der Waals surface area contributed by atoms with Crippen LogP contribution in [0.3, 0.4) is 0 Å². The molecular weight excluding hydrogens is 327 g/mol. The molecule has 0 amide bonds. The van der Waals surface area contributed by atoms with Gasteiger partial charge in [-0.1, -0.05) is 30.3 Å². The van der Waals surface area contributed by atoms with Crippen LogP contribution in [0.15, 0.2) is 42.5 Å². The lowest BCUT2D eigenvalue weighted by atomic mass is 9.98. The van der Waals surface area contributed by atoms with E-state index in [0.29, 0.717) is 11.5 Å². The van der Waals surface area contributed by atoms with Gasteiger partial charge in [-0.15, -0.1) is 0 Å². The van der Waals surface area contributed by atoms with Crippen molar-refractivity contribution in [3.05, 3.63) is 59.4 Å². The molecule has 1 aromatic heterocycles. The van der Waals surface area contributed by atoms with Crippen LogP contribution in [0.2, 0.25) is 0 Å². The number of fused-ring (bicyclic) bond motifs is 1. The van der Waals surface area contributed by atoms with Gasteiger partial charge in [-0.25, -0.2) is 9.37 Å². The second-order valence-corrected chi connectivity index (χ2v) is 6.91. The number of nitrogens with one attached hydrogen (secondary N) is 1. The van der Waals surface area contributed by atoms with Crippen molar-refractivity contribution in [2.45, 2.75) is 26.4 Å². The highest BCUT2D eigenvalue weighted by Gasteiger charge is 2.12. The van der Waals surface area contributed by atoms with Gasteiger partial charge in [0.2, 0.25) is 0 Å². The molecule has 0 bridgehead atoms. The van der Waals surface area contributed by atoms with E-state index in [4.69, 9.17) is 9.72 Å². The van der Waals surface area contributed by atoms with Crippen LogP contribution >= 0.6 is 0 Å². The number of nitrogens with zero attached hydrogens (tertiary/aromatic N) is 1. The number of aryl methyl sites for hydroxylation is 1. The number of aromatic nitrogens is 2. The van der Waals surface area contributed by atoms with Crippen molar-refractivity contribution in [3.8, 4) is 11.1 Å². The summed E-state index contributed by atoms with van der Waals surface area (Å²) in [7, 11) is 0. The molecule has 0 radical (unpaired) electrons. The molecule has 4 heteroatoms. The third-order valence-corrected chi connectivity index (χ3v) is 5.06. The van der Waals surface area contributed by atoms with E-state index in [1.165, 1.54) is 0 Å². The minimum absolute atomic E-state index is 0.463. The zero-order valence-electron chi connectivity index (χ0n) is 15.0. The summed E-state index contributed by atoms with van der Waals surface area (Å²) in [5, 5.41) is 0. The van der Waals surface area contributed by atoms with Crippen LogP contribution < -0.4 is 0 Å². The number of allylic oxidation sites excluding steroid dienone is 1. The first-order valence-corrected chi connectivity index (χ1v) is 9.15. The van der Waals surface area contributed by atoms with Gasteiger partial charge in [0.05, 0.1) is 11.0 Å². The first kappa shape index (κ1) is 17.0. The first-order valence-electron chi connectivity index (χ1n) is 9.15. The maximum Gasteiger partial charge on any atom is 0.130 e. The van der Waals surface area contributed by atoms with Crippen molar-refractivity contribution in [3.63, 3.8) is 0 Å². The summed E-state index contributed by atoms with van der Waals surface area (Å²) in [5.74, 6) is 1.43. The Hall–Kier alpha value is -2.46. The zero-order valence-corrected chi connectivity index (χ0v) is 15.0. The van der Waals surface area contributed by atoms with Gasteiger partial charge in [0.25, 0.3) is 0 Å². The highest BCUT2D eigenvalue weighted by atomic mass is 19.1. The molecule has 1 fully saturated rings. The normalized spacial score (nSPS) is 15.9. The molecule has 134 valence electrons. The number of hydrogen-bond acceptors (Lipinski definition) is 2. The number of aromatic amines is 1. The number of benzene rings is 2. The SMILES string of the molecule is Cc1cc(-c2ccccc2CF)cc2[nH]c(/C=C/C3CCOCC3)nc12. The van der Waals surface area contributed by atoms with Crippen LogP contribution in [0.4, 0.5) is 4.39 Å². The minimum atomic E-state index is -0.463. The van der Waals surface area contributed by atoms with Gasteiger partial charge in [-0.2, -0.15) is 0 Å². The maximum atomic E-state index is 13.3. The van der Waals surface area contributed by atoms with Crippen LogP contribution in [0, 0.1) is 12.8 Å². The number of rotatable bonds is 4. The fraction of sp³-hybridized carbons (Fsp3) is 0.318. The standard InChI is InChI=1S/C22H23FN2O/c1-15-12-18(19-5-3-2-4-17(19)14-23)13-20-22(15)25-21(24-20)7-6-16-8-10-26-11-9-16/h2-7,12-13,16H,8-11,14H2,1H3,(H,24,25)/b7-6+. The molecule has 0 aliphatic carbocycles. The Morgan fingerprint density at radius 2 is 2.04 bits per heavy atom. The lowest BCUT2D eigenvalue weighted by Gasteiger charge is -2.18. The molecule has 0 spiro atoms. The average molecular weight is 350 g/mol. The third-order valence-electron chi connectivity index (χ3n) is 5.06. The Labute approximate surface area is 152 Å². The molecule has 1 aliphatic rings. The number of imidazole rings is 1. The van der Waals surface area contributed by atoms with E-state index in [1.807, 2.05) is 24.3 Å². The van der Waals surface area contributed by atoms with Gasteiger partial charge in [-0.05, 0) is 66.1 Å². The van der Waals surface area contributed by atoms with Gasteiger partial charge in [0, 0.05) is 13.2 Å². The van der Waals surface area contributed by atoms with Gasteiger partial charge in [-0.3, -0.25) is 0 Å². The smallest absolute Gasteiger partial charge is 0.130 e. The van der Waals surface area contributed by atoms with Crippen molar-refractivity contribution in [2.24, 2.45) is 5.92 Å². The van der Waals surface area contributed by atoms with E-state index in [-0.39, 0.29) is 0 Å². The van der Waals surface area contributed by atoms with Gasteiger partial charge >= 0.3 is 0 Å². The fourth-order valence-electron chi connectivity index (χ4n) is 3.60. The lowest BCUT2D eigenvalue weighted by molar-refractivity contribution is 0.0787. The molecular formula is C22H23FN2O. The lowest BCUT2D eigenvalue weighted by Crippen LogP contribution is -2.13. The van der Waals surface area contributed by atoms with Crippen LogP contribution in [0.1, 0.15) is 29.8 Å². The van der Waals surface area contributed by atoms with E-state index in [0.717, 1.165) is 59.6 Å². The van der Waals surface area contributed by atoms with Crippen molar-refractivity contribution >= 4 is 17.1 Å². The minimum Gasteiger partial charge on any atom is -0.381 e. The Morgan fingerprint density at radius 1 is 1.23 bits per heavy atom. The van der Waals surface area contributed by atoms with Gasteiger partial charge in [0.15, 0.2) is 0 Å². The second kappa shape index (κ2) is 7.42. The van der Waals surface area contributed by atoms with E-state index in [2.05, 4.69) is 36.2 Å². The topological polar surface area (TPSA) is 37.9 Å². The molecule has 0 unspecified atom stereocenters. The average Bonchev–Trinajstić information content (AvgIpc) is 3.11. The molecule has 0 atom stereocenters. The fourth-order valence-corrected chi connectivity index (χ4v) is 3.60. The second-order valence-electron chi connectivity index (χ2n) is 6.91. The maximum absolute atomic E-state index is 13.3. The van der Waals surface area contributed by atoms with E-state index >= 15 is 0 Å². The Balaban J connectivity index is 1.68. The molecule has 1 saturated heterocycles. The van der Waals surface area contributed by atoms with Gasteiger partial charge < -0.3 is 9.72 Å². The number of H-pyrrole nitrogens is 1. The molecule has 2 heterocycles. The van der Waals surface area contributed by atoms with Crippen LogP contribution in [0.5, 0.6) is 0 Å². The van der Waals surface area contributed by atoms with Crippen molar-refractivity contribution in [2.75, 3.05) is 13.2 Å². The predicted octanol–water partition coefficient (Wildman–Crippen LogP) is 5.45. The third kappa shape index (κ3) is 3.42. The van der Waals surface area contributed by atoms with E-state index < -0.39 is 6.67 Å². The molecule has 26 heavy (non-hydrogen) atoms. The quantitative estimate of drug-likeness (QED) is 0.679.